The number of aliphatic hydroxyl groups excluding tert-OH is 1. The monoisotopic (exact) mass is 435 g/mol. The van der Waals surface area contributed by atoms with Gasteiger partial charge in [-0.15, -0.1) is 0 Å². The molecule has 9 heteroatoms. The number of nitrogens with zero attached hydrogens (tertiary/aromatic N) is 2. The molecule has 0 aliphatic heterocycles. The van der Waals surface area contributed by atoms with E-state index in [0.717, 1.165) is 18.3 Å². The Labute approximate surface area is 176 Å². The zero-order chi connectivity index (χ0) is 23.0. The van der Waals surface area contributed by atoms with Crippen LogP contribution in [-0.2, 0) is 5.92 Å². The minimum Gasteiger partial charge on any atom is -0.512 e. The number of halogens is 4. The number of imidazole rings is 1. The molecule has 3 rings (SSSR count). The van der Waals surface area contributed by atoms with Crippen LogP contribution in [0.15, 0.2) is 49.0 Å². The van der Waals surface area contributed by atoms with Gasteiger partial charge in [0.1, 0.15) is 23.9 Å². The number of alkyl halides is 2. The largest absolute Gasteiger partial charge is 0.512 e. The van der Waals surface area contributed by atoms with Crippen molar-refractivity contribution in [1.82, 2.24) is 15.0 Å². The fourth-order valence-electron chi connectivity index (χ4n) is 2.59. The van der Waals surface area contributed by atoms with E-state index in [0.29, 0.717) is 18.1 Å². The van der Waals surface area contributed by atoms with Crippen molar-refractivity contribution < 1.29 is 27.4 Å². The van der Waals surface area contributed by atoms with Crippen molar-refractivity contribution in [3.63, 3.8) is 0 Å². The molecule has 0 spiro atoms. The van der Waals surface area contributed by atoms with Crippen molar-refractivity contribution in [3.8, 4) is 28.4 Å². The molecule has 2 aromatic heterocycles. The minimum atomic E-state index is -3.13. The number of hydrogen-bond acceptors (Lipinski definition) is 4. The smallest absolute Gasteiger partial charge is 0.286 e. The predicted octanol–water partition coefficient (Wildman–Crippen LogP) is 6.01. The number of aliphatic hydroxyl groups is 1. The summed E-state index contributed by atoms with van der Waals surface area (Å²) in [6, 6.07) is 5.14. The Balaban J connectivity index is 1.82. The van der Waals surface area contributed by atoms with E-state index in [1.54, 1.807) is 13.8 Å². The number of benzene rings is 1. The van der Waals surface area contributed by atoms with Gasteiger partial charge in [0, 0.05) is 18.7 Å². The van der Waals surface area contributed by atoms with Gasteiger partial charge in [0.15, 0.2) is 5.82 Å². The lowest BCUT2D eigenvalue weighted by atomic mass is 9.93. The lowest BCUT2D eigenvalue weighted by Crippen LogP contribution is -2.23. The predicted molar refractivity (Wildman–Crippen MR) is 108 cm³/mol. The van der Waals surface area contributed by atoms with E-state index >= 15 is 0 Å². The molecule has 0 bridgehead atoms. The summed E-state index contributed by atoms with van der Waals surface area (Å²) in [6.45, 7) is 7.46. The molecule has 1 aromatic carbocycles. The Bertz CT molecular complexity index is 1120. The van der Waals surface area contributed by atoms with Gasteiger partial charge >= 0.3 is 0 Å². The normalized spacial score (nSPS) is 12.1. The molecule has 164 valence electrons. The lowest BCUT2D eigenvalue weighted by molar-refractivity contribution is 0.0132. The standard InChI is InChI=1S/C22H21F4N3O2/c1-12(30)21(2,3)11-31-20-17(24)8-14(9-28-20)13-5-6-15(16(23)7-13)19-27-10-18(29-19)22(4,25)26/h5-10,30H,1,11H2,2-4H3,(H,27,29). The van der Waals surface area contributed by atoms with E-state index in [4.69, 9.17) is 4.74 Å². The highest BCUT2D eigenvalue weighted by Gasteiger charge is 2.27. The van der Waals surface area contributed by atoms with Gasteiger partial charge in [-0.3, -0.25) is 0 Å². The van der Waals surface area contributed by atoms with E-state index in [2.05, 4.69) is 21.5 Å². The maximum absolute atomic E-state index is 14.6. The van der Waals surface area contributed by atoms with Crippen LogP contribution < -0.4 is 4.74 Å². The average molecular weight is 435 g/mol. The van der Waals surface area contributed by atoms with Crippen LogP contribution in [0.2, 0.25) is 0 Å². The van der Waals surface area contributed by atoms with Crippen LogP contribution in [0.25, 0.3) is 22.5 Å². The first-order valence-electron chi connectivity index (χ1n) is 9.29. The molecule has 0 saturated carbocycles. The van der Waals surface area contributed by atoms with Crippen LogP contribution in [0, 0.1) is 17.0 Å². The van der Waals surface area contributed by atoms with Crippen molar-refractivity contribution >= 4 is 0 Å². The molecule has 0 radical (unpaired) electrons. The van der Waals surface area contributed by atoms with Crippen molar-refractivity contribution in [3.05, 3.63) is 66.3 Å². The molecule has 0 aliphatic carbocycles. The molecule has 0 amide bonds. The SMILES string of the molecule is C=C(O)C(C)(C)COc1ncc(-c2ccc(-c3ncc(C(C)(F)F)[nH]3)c(F)c2)cc1F. The molecular weight excluding hydrogens is 414 g/mol. The van der Waals surface area contributed by atoms with Crippen molar-refractivity contribution in [2.45, 2.75) is 26.7 Å². The summed E-state index contributed by atoms with van der Waals surface area (Å²) in [6.07, 6.45) is 2.27. The van der Waals surface area contributed by atoms with Crippen LogP contribution in [-0.4, -0.2) is 26.7 Å². The number of nitrogens with one attached hydrogen (secondary N) is 1. The highest BCUT2D eigenvalue weighted by Crippen LogP contribution is 2.31. The zero-order valence-electron chi connectivity index (χ0n) is 17.1. The van der Waals surface area contributed by atoms with E-state index in [-0.39, 0.29) is 29.6 Å². The molecule has 0 unspecified atom stereocenters. The fourth-order valence-corrected chi connectivity index (χ4v) is 2.59. The summed E-state index contributed by atoms with van der Waals surface area (Å²) in [5, 5.41) is 9.52. The Morgan fingerprint density at radius 2 is 1.74 bits per heavy atom. The Morgan fingerprint density at radius 3 is 2.29 bits per heavy atom. The van der Waals surface area contributed by atoms with Crippen LogP contribution in [0.1, 0.15) is 26.5 Å². The van der Waals surface area contributed by atoms with Crippen LogP contribution in [0.5, 0.6) is 5.88 Å². The molecule has 3 aromatic rings. The summed E-state index contributed by atoms with van der Waals surface area (Å²) in [5.41, 5.74) is -0.601. The highest BCUT2D eigenvalue weighted by molar-refractivity contribution is 5.68. The van der Waals surface area contributed by atoms with Crippen LogP contribution in [0.4, 0.5) is 17.6 Å². The van der Waals surface area contributed by atoms with Gasteiger partial charge in [0.05, 0.1) is 22.9 Å². The van der Waals surface area contributed by atoms with E-state index in [1.165, 1.54) is 18.3 Å². The first-order valence-corrected chi connectivity index (χ1v) is 9.29. The third-order valence-electron chi connectivity index (χ3n) is 4.76. The number of ether oxygens (including phenoxy) is 1. The quantitative estimate of drug-likeness (QED) is 0.352. The number of pyridine rings is 1. The maximum Gasteiger partial charge on any atom is 0.286 e. The van der Waals surface area contributed by atoms with E-state index in [1.807, 2.05) is 0 Å². The fraction of sp³-hybridized carbons (Fsp3) is 0.273. The molecule has 31 heavy (non-hydrogen) atoms. The van der Waals surface area contributed by atoms with Crippen molar-refractivity contribution in [2.24, 2.45) is 5.41 Å². The molecule has 2 N–H and O–H groups in total. The molecule has 2 heterocycles. The third kappa shape index (κ3) is 4.87. The zero-order valence-corrected chi connectivity index (χ0v) is 17.1. The van der Waals surface area contributed by atoms with Gasteiger partial charge < -0.3 is 14.8 Å². The molecule has 0 saturated heterocycles. The van der Waals surface area contributed by atoms with Crippen molar-refractivity contribution in [1.29, 1.82) is 0 Å². The first-order chi connectivity index (χ1) is 14.4. The van der Waals surface area contributed by atoms with Gasteiger partial charge in [0.2, 0.25) is 5.88 Å². The average Bonchev–Trinajstić information content (AvgIpc) is 3.17. The Hall–Kier alpha value is -3.36. The minimum absolute atomic E-state index is 0.000834. The van der Waals surface area contributed by atoms with Crippen LogP contribution >= 0.6 is 0 Å². The lowest BCUT2D eigenvalue weighted by Gasteiger charge is -2.22. The molecule has 0 fully saturated rings. The van der Waals surface area contributed by atoms with E-state index < -0.39 is 28.7 Å². The van der Waals surface area contributed by atoms with Gasteiger partial charge in [-0.2, -0.15) is 8.78 Å². The molecular formula is C22H21F4N3O2. The second-order valence-electron chi connectivity index (χ2n) is 7.86. The Kier molecular flexibility index (Phi) is 5.80. The Morgan fingerprint density at radius 1 is 1.06 bits per heavy atom. The molecule has 5 nitrogen and oxygen atoms in total. The summed E-state index contributed by atoms with van der Waals surface area (Å²) in [4.78, 5) is 10.1. The summed E-state index contributed by atoms with van der Waals surface area (Å²) >= 11 is 0. The summed E-state index contributed by atoms with van der Waals surface area (Å²) in [7, 11) is 0. The summed E-state index contributed by atoms with van der Waals surface area (Å²) in [5.74, 6) is -5.02. The van der Waals surface area contributed by atoms with Crippen molar-refractivity contribution in [2.75, 3.05) is 6.61 Å². The maximum atomic E-state index is 14.6. The number of rotatable bonds is 7. The molecule has 0 aliphatic rings. The van der Waals surface area contributed by atoms with Crippen LogP contribution in [0.3, 0.4) is 0 Å². The number of hydrogen-bond donors (Lipinski definition) is 2. The highest BCUT2D eigenvalue weighted by atomic mass is 19.3. The first kappa shape index (κ1) is 22.3. The van der Waals surface area contributed by atoms with Gasteiger partial charge in [0.25, 0.3) is 5.92 Å². The number of aromatic nitrogens is 3. The van der Waals surface area contributed by atoms with Gasteiger partial charge in [-0.05, 0) is 37.6 Å². The number of aromatic amines is 1. The second-order valence-corrected chi connectivity index (χ2v) is 7.86. The molecule has 0 atom stereocenters. The summed E-state index contributed by atoms with van der Waals surface area (Å²) < 4.78 is 61.1. The van der Waals surface area contributed by atoms with E-state index in [9.17, 15) is 22.7 Å². The third-order valence-corrected chi connectivity index (χ3v) is 4.76. The van der Waals surface area contributed by atoms with Gasteiger partial charge in [-0.25, -0.2) is 18.7 Å². The topological polar surface area (TPSA) is 71.0 Å². The number of H-pyrrole nitrogens is 1. The second kappa shape index (κ2) is 8.05. The van der Waals surface area contributed by atoms with Gasteiger partial charge in [-0.1, -0.05) is 12.6 Å².